The third-order valence-corrected chi connectivity index (χ3v) is 5.18. The standard InChI is InChI=1S/C13H16O4S/c14-9-12-5-2-1-4-11(12)8-13(15)6-3-7-18(16,17)10-13/h1-2,4-5,9,15H,3,6-8,10H2. The summed E-state index contributed by atoms with van der Waals surface area (Å²) >= 11 is 0. The summed E-state index contributed by atoms with van der Waals surface area (Å²) in [6.07, 6.45) is 1.87. The Morgan fingerprint density at radius 3 is 2.72 bits per heavy atom. The number of hydrogen-bond donors (Lipinski definition) is 1. The van der Waals surface area contributed by atoms with E-state index in [1.165, 1.54) is 0 Å². The van der Waals surface area contributed by atoms with Gasteiger partial charge in [-0.15, -0.1) is 0 Å². The van der Waals surface area contributed by atoms with E-state index in [9.17, 15) is 18.3 Å². The van der Waals surface area contributed by atoms with E-state index >= 15 is 0 Å². The molecule has 1 aliphatic heterocycles. The van der Waals surface area contributed by atoms with Gasteiger partial charge in [0.2, 0.25) is 0 Å². The van der Waals surface area contributed by atoms with Gasteiger partial charge in [-0.25, -0.2) is 8.42 Å². The quantitative estimate of drug-likeness (QED) is 0.830. The van der Waals surface area contributed by atoms with Gasteiger partial charge in [0, 0.05) is 12.0 Å². The Labute approximate surface area is 107 Å². The maximum absolute atomic E-state index is 11.6. The highest BCUT2D eigenvalue weighted by atomic mass is 32.2. The van der Waals surface area contributed by atoms with Crippen LogP contribution in [0.4, 0.5) is 0 Å². The number of hydrogen-bond acceptors (Lipinski definition) is 4. The zero-order valence-corrected chi connectivity index (χ0v) is 10.8. The number of benzene rings is 1. The lowest BCUT2D eigenvalue weighted by Gasteiger charge is -2.32. The molecule has 4 nitrogen and oxygen atoms in total. The van der Waals surface area contributed by atoms with Gasteiger partial charge in [-0.3, -0.25) is 4.79 Å². The van der Waals surface area contributed by atoms with Crippen LogP contribution in [0.3, 0.4) is 0 Å². The van der Waals surface area contributed by atoms with Crippen molar-refractivity contribution in [2.24, 2.45) is 0 Å². The van der Waals surface area contributed by atoms with Gasteiger partial charge < -0.3 is 5.11 Å². The molecule has 18 heavy (non-hydrogen) atoms. The molecule has 0 aliphatic carbocycles. The van der Waals surface area contributed by atoms with E-state index in [4.69, 9.17) is 0 Å². The van der Waals surface area contributed by atoms with Crippen molar-refractivity contribution >= 4 is 16.1 Å². The normalized spacial score (nSPS) is 26.7. The summed E-state index contributed by atoms with van der Waals surface area (Å²) in [4.78, 5) is 10.9. The Morgan fingerprint density at radius 2 is 2.06 bits per heavy atom. The van der Waals surface area contributed by atoms with Crippen LogP contribution in [-0.2, 0) is 16.3 Å². The third-order valence-electron chi connectivity index (χ3n) is 3.29. The minimum atomic E-state index is -3.17. The van der Waals surface area contributed by atoms with Gasteiger partial charge in [0.05, 0.1) is 17.1 Å². The molecule has 2 rings (SSSR count). The molecule has 1 aromatic rings. The highest BCUT2D eigenvalue weighted by molar-refractivity contribution is 7.91. The number of sulfone groups is 1. The Bertz CT molecular complexity index is 550. The molecule has 0 spiro atoms. The molecule has 1 aliphatic rings. The van der Waals surface area contributed by atoms with Gasteiger partial charge >= 0.3 is 0 Å². The van der Waals surface area contributed by atoms with Crippen molar-refractivity contribution in [1.82, 2.24) is 0 Å². The van der Waals surface area contributed by atoms with E-state index in [1.54, 1.807) is 24.3 Å². The predicted octanol–water partition coefficient (Wildman–Crippen LogP) is 0.981. The second kappa shape index (κ2) is 4.82. The molecule has 1 aromatic carbocycles. The van der Waals surface area contributed by atoms with E-state index in [0.29, 0.717) is 24.0 Å². The lowest BCUT2D eigenvalue weighted by Crippen LogP contribution is -2.44. The molecule has 0 saturated carbocycles. The fourth-order valence-electron chi connectivity index (χ4n) is 2.48. The summed E-state index contributed by atoms with van der Waals surface area (Å²) in [5.41, 5.74) is -0.0306. The number of aliphatic hydroxyl groups is 1. The maximum atomic E-state index is 11.6. The monoisotopic (exact) mass is 268 g/mol. The van der Waals surface area contributed by atoms with E-state index in [2.05, 4.69) is 0 Å². The largest absolute Gasteiger partial charge is 0.388 e. The molecule has 1 fully saturated rings. The van der Waals surface area contributed by atoms with Gasteiger partial charge in [0.1, 0.15) is 6.29 Å². The summed E-state index contributed by atoms with van der Waals surface area (Å²) in [7, 11) is -3.17. The maximum Gasteiger partial charge on any atom is 0.153 e. The molecule has 5 heteroatoms. The summed E-state index contributed by atoms with van der Waals surface area (Å²) in [5.74, 6) is -0.0716. The zero-order chi connectivity index (χ0) is 13.2. The molecule has 1 heterocycles. The average molecular weight is 268 g/mol. The van der Waals surface area contributed by atoms with Crippen LogP contribution in [-0.4, -0.2) is 36.9 Å². The van der Waals surface area contributed by atoms with E-state index < -0.39 is 15.4 Å². The Balaban J connectivity index is 2.25. The molecule has 1 saturated heterocycles. The van der Waals surface area contributed by atoms with Gasteiger partial charge in [-0.2, -0.15) is 0 Å². The molecule has 0 amide bonds. The first-order chi connectivity index (χ1) is 8.44. The van der Waals surface area contributed by atoms with Crippen LogP contribution in [0.25, 0.3) is 0 Å². The molecule has 0 aromatic heterocycles. The molecular formula is C13H16O4S. The third kappa shape index (κ3) is 2.97. The number of carbonyl (C=O) groups is 1. The van der Waals surface area contributed by atoms with E-state index in [1.807, 2.05) is 0 Å². The van der Waals surface area contributed by atoms with Gasteiger partial charge in [0.15, 0.2) is 9.84 Å². The molecule has 1 unspecified atom stereocenters. The lowest BCUT2D eigenvalue weighted by atomic mass is 9.89. The van der Waals surface area contributed by atoms with Crippen molar-refractivity contribution in [3.63, 3.8) is 0 Å². The molecule has 0 radical (unpaired) electrons. The van der Waals surface area contributed by atoms with Crippen molar-refractivity contribution in [2.75, 3.05) is 11.5 Å². The smallest absolute Gasteiger partial charge is 0.153 e. The first kappa shape index (κ1) is 13.2. The zero-order valence-electron chi connectivity index (χ0n) is 10.0. The fourth-order valence-corrected chi connectivity index (χ4v) is 4.27. The second-order valence-electron chi connectivity index (χ2n) is 4.91. The highest BCUT2D eigenvalue weighted by Gasteiger charge is 2.37. The van der Waals surface area contributed by atoms with Crippen molar-refractivity contribution < 1.29 is 18.3 Å². The van der Waals surface area contributed by atoms with Gasteiger partial charge in [-0.05, 0) is 18.4 Å². The fraction of sp³-hybridized carbons (Fsp3) is 0.462. The van der Waals surface area contributed by atoms with Crippen LogP contribution in [0.1, 0.15) is 28.8 Å². The molecule has 1 N–H and O–H groups in total. The Hall–Kier alpha value is -1.20. The van der Waals surface area contributed by atoms with Crippen LogP contribution in [0.2, 0.25) is 0 Å². The van der Waals surface area contributed by atoms with Crippen LogP contribution in [0, 0.1) is 0 Å². The Kier molecular flexibility index (Phi) is 3.54. The summed E-state index contributed by atoms with van der Waals surface area (Å²) in [5, 5.41) is 10.4. The topological polar surface area (TPSA) is 71.4 Å². The van der Waals surface area contributed by atoms with Crippen molar-refractivity contribution in [1.29, 1.82) is 0 Å². The van der Waals surface area contributed by atoms with E-state index in [-0.39, 0.29) is 17.9 Å². The molecule has 1 atom stereocenters. The summed E-state index contributed by atoms with van der Waals surface area (Å²) < 4.78 is 23.2. The SMILES string of the molecule is O=Cc1ccccc1CC1(O)CCCS(=O)(=O)C1. The molecule has 98 valence electrons. The lowest BCUT2D eigenvalue weighted by molar-refractivity contribution is 0.0501. The summed E-state index contributed by atoms with van der Waals surface area (Å²) in [6.45, 7) is 0. The average Bonchev–Trinajstić information content (AvgIpc) is 2.27. The van der Waals surface area contributed by atoms with Crippen LogP contribution >= 0.6 is 0 Å². The number of aldehydes is 1. The van der Waals surface area contributed by atoms with Crippen molar-refractivity contribution in [3.05, 3.63) is 35.4 Å². The minimum absolute atomic E-state index is 0.143. The van der Waals surface area contributed by atoms with Crippen LogP contribution < -0.4 is 0 Å². The number of rotatable bonds is 3. The van der Waals surface area contributed by atoms with Crippen LogP contribution in [0.15, 0.2) is 24.3 Å². The number of carbonyl (C=O) groups excluding carboxylic acids is 1. The van der Waals surface area contributed by atoms with E-state index in [0.717, 1.165) is 6.29 Å². The first-order valence-electron chi connectivity index (χ1n) is 5.90. The summed E-state index contributed by atoms with van der Waals surface area (Å²) in [6, 6.07) is 6.95. The van der Waals surface area contributed by atoms with Crippen molar-refractivity contribution in [3.8, 4) is 0 Å². The highest BCUT2D eigenvalue weighted by Crippen LogP contribution is 2.27. The van der Waals surface area contributed by atoms with Gasteiger partial charge in [0.25, 0.3) is 0 Å². The Morgan fingerprint density at radius 1 is 1.33 bits per heavy atom. The predicted molar refractivity (Wildman–Crippen MR) is 68.4 cm³/mol. The van der Waals surface area contributed by atoms with Crippen LogP contribution in [0.5, 0.6) is 0 Å². The molecule has 0 bridgehead atoms. The minimum Gasteiger partial charge on any atom is -0.388 e. The molecular weight excluding hydrogens is 252 g/mol. The van der Waals surface area contributed by atoms with Gasteiger partial charge in [-0.1, -0.05) is 24.3 Å². The van der Waals surface area contributed by atoms with Crippen molar-refractivity contribution in [2.45, 2.75) is 24.9 Å². The first-order valence-corrected chi connectivity index (χ1v) is 7.72. The second-order valence-corrected chi connectivity index (χ2v) is 7.10.